The third-order valence-electron chi connectivity index (χ3n) is 4.28. The van der Waals surface area contributed by atoms with Crippen LogP contribution in [0, 0.1) is 0 Å². The van der Waals surface area contributed by atoms with Crippen LogP contribution < -0.4 is 0 Å². The first-order chi connectivity index (χ1) is 9.43. The molecule has 22 heavy (non-hydrogen) atoms. The molecule has 0 N–H and O–H groups in total. The van der Waals surface area contributed by atoms with E-state index in [2.05, 4.69) is 66.8 Å². The number of halogens is 2. The molecule has 0 amide bonds. The van der Waals surface area contributed by atoms with Crippen LogP contribution in [-0.4, -0.2) is 0 Å². The molecule has 0 aliphatic heterocycles. The predicted octanol–water partition coefficient (Wildman–Crippen LogP) is 5.92. The van der Waals surface area contributed by atoms with Gasteiger partial charge in [-0.3, -0.25) is 0 Å². The molecule has 0 saturated heterocycles. The van der Waals surface area contributed by atoms with Crippen LogP contribution in [0.15, 0.2) is 72.3 Å². The third kappa shape index (κ3) is 3.33. The first kappa shape index (κ1) is 19.4. The van der Waals surface area contributed by atoms with Gasteiger partial charge in [-0.15, -0.1) is 24.8 Å². The van der Waals surface area contributed by atoms with Gasteiger partial charge in [0, 0.05) is 32.1 Å². The topological polar surface area (TPSA) is 0 Å². The van der Waals surface area contributed by atoms with Gasteiger partial charge in [-0.1, -0.05) is 72.3 Å². The Morgan fingerprint density at radius 1 is 0.818 bits per heavy atom. The van der Waals surface area contributed by atoms with Crippen molar-refractivity contribution in [3.63, 3.8) is 0 Å². The molecule has 0 aromatic heterocycles. The van der Waals surface area contributed by atoms with E-state index in [4.69, 9.17) is 0 Å². The first-order valence-corrected chi connectivity index (χ1v) is 6.96. The van der Waals surface area contributed by atoms with Crippen LogP contribution in [0.3, 0.4) is 0 Å². The number of hydrogen-bond donors (Lipinski definition) is 0. The van der Waals surface area contributed by atoms with Crippen LogP contribution in [0.25, 0.3) is 11.1 Å². The minimum atomic E-state index is 0. The van der Waals surface area contributed by atoms with Gasteiger partial charge in [-0.25, -0.2) is 0 Å². The average Bonchev–Trinajstić information content (AvgIpc) is 3.08. The molecule has 4 rings (SSSR count). The summed E-state index contributed by atoms with van der Waals surface area (Å²) >= 11 is 0. The van der Waals surface area contributed by atoms with E-state index in [1.807, 2.05) is 0 Å². The third-order valence-corrected chi connectivity index (χ3v) is 4.28. The summed E-state index contributed by atoms with van der Waals surface area (Å²) in [5, 5.41) is 0. The van der Waals surface area contributed by atoms with E-state index in [0.717, 1.165) is 12.8 Å². The Hall–Kier alpha value is -0.617. The molecular weight excluding hydrogens is 390 g/mol. The number of fused-ring (bicyclic) bond motifs is 3. The summed E-state index contributed by atoms with van der Waals surface area (Å²) in [4.78, 5) is 0. The Morgan fingerprint density at radius 3 is 1.86 bits per heavy atom. The smallest absolute Gasteiger partial charge is 0.0139 e. The fraction of sp³-hybridized carbons (Fsp3) is 0.158. The predicted molar refractivity (Wildman–Crippen MR) is 94.7 cm³/mol. The van der Waals surface area contributed by atoms with Crippen LogP contribution in [0.2, 0.25) is 0 Å². The molecular formula is C19H18Cl2Zr. The van der Waals surface area contributed by atoms with E-state index in [9.17, 15) is 0 Å². The van der Waals surface area contributed by atoms with Gasteiger partial charge in [-0.05, 0) is 35.1 Å². The van der Waals surface area contributed by atoms with Crippen molar-refractivity contribution in [2.24, 2.45) is 0 Å². The van der Waals surface area contributed by atoms with Gasteiger partial charge in [0.1, 0.15) is 0 Å². The van der Waals surface area contributed by atoms with Crippen molar-refractivity contribution < 1.29 is 26.2 Å². The van der Waals surface area contributed by atoms with Gasteiger partial charge in [-0.2, -0.15) is 0 Å². The SMILES string of the molecule is C1=CCC(CC2c3ccccc3-c3ccccc32)=C1.Cl.Cl.[Zr]. The molecule has 2 aliphatic rings. The van der Waals surface area contributed by atoms with Gasteiger partial charge in [0.05, 0.1) is 0 Å². The van der Waals surface area contributed by atoms with Crippen LogP contribution in [-0.2, 0) is 26.2 Å². The summed E-state index contributed by atoms with van der Waals surface area (Å²) in [5.41, 5.74) is 7.40. The molecule has 0 radical (unpaired) electrons. The van der Waals surface area contributed by atoms with Crippen molar-refractivity contribution in [1.82, 2.24) is 0 Å². The van der Waals surface area contributed by atoms with Crippen LogP contribution in [0.1, 0.15) is 29.9 Å². The summed E-state index contributed by atoms with van der Waals surface area (Å²) in [7, 11) is 0. The van der Waals surface area contributed by atoms with Crippen molar-refractivity contribution in [1.29, 1.82) is 0 Å². The van der Waals surface area contributed by atoms with Crippen molar-refractivity contribution >= 4 is 24.8 Å². The van der Waals surface area contributed by atoms with Crippen molar-refractivity contribution in [3.8, 4) is 11.1 Å². The Bertz CT molecular complexity index is 659. The summed E-state index contributed by atoms with van der Waals surface area (Å²) in [6, 6.07) is 17.7. The summed E-state index contributed by atoms with van der Waals surface area (Å²) in [5.74, 6) is 0.540. The van der Waals surface area contributed by atoms with E-state index >= 15 is 0 Å². The van der Waals surface area contributed by atoms with Crippen molar-refractivity contribution in [3.05, 3.63) is 83.5 Å². The maximum absolute atomic E-state index is 2.29. The number of benzene rings is 2. The minimum Gasteiger partial charge on any atom is -0.147 e. The normalized spacial score (nSPS) is 14.1. The maximum atomic E-state index is 2.29. The molecule has 0 spiro atoms. The van der Waals surface area contributed by atoms with E-state index in [0.29, 0.717) is 5.92 Å². The monoisotopic (exact) mass is 406 g/mol. The van der Waals surface area contributed by atoms with Crippen LogP contribution in [0.5, 0.6) is 0 Å². The second kappa shape index (κ2) is 8.30. The van der Waals surface area contributed by atoms with E-state index in [1.54, 1.807) is 5.57 Å². The summed E-state index contributed by atoms with van der Waals surface area (Å²) in [6.45, 7) is 0. The molecule has 112 valence electrons. The Balaban J connectivity index is 0.000000807. The van der Waals surface area contributed by atoms with Crippen LogP contribution in [0.4, 0.5) is 0 Å². The molecule has 2 aliphatic carbocycles. The molecule has 0 atom stereocenters. The number of allylic oxidation sites excluding steroid dienone is 4. The zero-order chi connectivity index (χ0) is 12.7. The summed E-state index contributed by atoms with van der Waals surface area (Å²) in [6.07, 6.45) is 9.00. The van der Waals surface area contributed by atoms with Gasteiger partial charge < -0.3 is 0 Å². The van der Waals surface area contributed by atoms with Gasteiger partial charge in [0.15, 0.2) is 0 Å². The van der Waals surface area contributed by atoms with Gasteiger partial charge in [0.2, 0.25) is 0 Å². The second-order valence-corrected chi connectivity index (χ2v) is 5.39. The Labute approximate surface area is 163 Å². The van der Waals surface area contributed by atoms with E-state index < -0.39 is 0 Å². The largest absolute Gasteiger partial charge is 0.147 e. The summed E-state index contributed by atoms with van der Waals surface area (Å²) < 4.78 is 0. The molecule has 2 aromatic rings. The maximum Gasteiger partial charge on any atom is 0.0139 e. The van der Waals surface area contributed by atoms with Gasteiger partial charge >= 0.3 is 0 Å². The zero-order valence-corrected chi connectivity index (χ0v) is 16.2. The zero-order valence-electron chi connectivity index (χ0n) is 12.2. The average molecular weight is 408 g/mol. The molecule has 0 fully saturated rings. The quantitative estimate of drug-likeness (QED) is 0.579. The molecule has 0 bridgehead atoms. The minimum absolute atomic E-state index is 0. The van der Waals surface area contributed by atoms with Crippen molar-refractivity contribution in [2.45, 2.75) is 18.8 Å². The fourth-order valence-corrected chi connectivity index (χ4v) is 3.38. The van der Waals surface area contributed by atoms with E-state index in [1.165, 1.54) is 22.3 Å². The molecule has 0 unspecified atom stereocenters. The molecule has 0 nitrogen and oxygen atoms in total. The molecule has 0 saturated carbocycles. The number of hydrogen-bond acceptors (Lipinski definition) is 0. The van der Waals surface area contributed by atoms with E-state index in [-0.39, 0.29) is 51.0 Å². The standard InChI is InChI=1S/C19H16.2ClH.Zr/c1-2-8-14(7-1)13-19-17-11-5-3-9-15(17)16-10-4-6-12-18(16)19;;;/h1-7,9-12,19H,8,13H2;2*1H;. The first-order valence-electron chi connectivity index (χ1n) is 6.96. The van der Waals surface area contributed by atoms with Crippen molar-refractivity contribution in [2.75, 3.05) is 0 Å². The molecule has 0 heterocycles. The van der Waals surface area contributed by atoms with Gasteiger partial charge in [0.25, 0.3) is 0 Å². The molecule has 3 heteroatoms. The Morgan fingerprint density at radius 2 is 1.36 bits per heavy atom. The Kier molecular flexibility index (Phi) is 7.33. The molecule has 2 aromatic carbocycles. The fourth-order valence-electron chi connectivity index (χ4n) is 3.38. The van der Waals surface area contributed by atoms with Crippen LogP contribution >= 0.6 is 24.8 Å². The number of rotatable bonds is 2. The second-order valence-electron chi connectivity index (χ2n) is 5.39.